The third-order valence-corrected chi connectivity index (χ3v) is 14.4. The molecule has 0 aromatic carbocycles. The van der Waals surface area contributed by atoms with Gasteiger partial charge in [-0.15, -0.1) is 0 Å². The summed E-state index contributed by atoms with van der Waals surface area (Å²) in [6.07, 6.45) is 17.6. The van der Waals surface area contributed by atoms with Crippen LogP contribution < -0.4 is 21.3 Å². The average Bonchev–Trinajstić information content (AvgIpc) is 2.86. The van der Waals surface area contributed by atoms with Crippen molar-refractivity contribution < 1.29 is 9.59 Å². The number of hydrogen-bond donors (Lipinski definition) is 4. The Morgan fingerprint density at radius 2 is 0.875 bits per heavy atom. The SMILES string of the molecule is CC(NC(=O)NCC1CC(CNC(=O)NC(C)C23CC4CC(CC(C4)C2)C3)C1(C)C)C12CC3CC(CC(C3)C1)C2. The third kappa shape index (κ3) is 4.75. The summed E-state index contributed by atoms with van der Waals surface area (Å²) in [6, 6.07) is 0.537. The normalized spacial score (nSPS) is 46.8. The van der Waals surface area contributed by atoms with Crippen LogP contribution in [0.25, 0.3) is 0 Å². The van der Waals surface area contributed by atoms with Gasteiger partial charge in [-0.25, -0.2) is 9.59 Å². The van der Waals surface area contributed by atoms with Crippen LogP contribution in [0.4, 0.5) is 9.59 Å². The van der Waals surface area contributed by atoms with Crippen molar-refractivity contribution in [2.24, 2.45) is 63.6 Å². The van der Waals surface area contributed by atoms with E-state index in [4.69, 9.17) is 0 Å². The summed E-state index contributed by atoms with van der Waals surface area (Å²) >= 11 is 0. The van der Waals surface area contributed by atoms with E-state index in [0.717, 1.165) is 55.0 Å². The molecule has 0 saturated heterocycles. The summed E-state index contributed by atoms with van der Waals surface area (Å²) in [6.45, 7) is 10.6. The molecular weight excluding hydrogens is 496 g/mol. The molecule has 6 heteroatoms. The van der Waals surface area contributed by atoms with Crippen LogP contribution in [0.5, 0.6) is 0 Å². The second kappa shape index (κ2) is 9.79. The number of carbonyl (C=O) groups is 2. The first-order chi connectivity index (χ1) is 19.0. The van der Waals surface area contributed by atoms with Crippen molar-refractivity contribution in [2.75, 3.05) is 13.1 Å². The van der Waals surface area contributed by atoms with Crippen LogP contribution in [-0.2, 0) is 0 Å². The second-order valence-corrected chi connectivity index (χ2v) is 17.2. The van der Waals surface area contributed by atoms with Crippen molar-refractivity contribution in [3.63, 3.8) is 0 Å². The van der Waals surface area contributed by atoms with Crippen LogP contribution in [0.2, 0.25) is 0 Å². The zero-order valence-corrected chi connectivity index (χ0v) is 25.7. The van der Waals surface area contributed by atoms with Crippen molar-refractivity contribution in [1.82, 2.24) is 21.3 Å². The molecule has 0 aromatic rings. The van der Waals surface area contributed by atoms with E-state index in [-0.39, 0.29) is 29.6 Å². The van der Waals surface area contributed by atoms with Crippen molar-refractivity contribution in [3.05, 3.63) is 0 Å². The Kier molecular flexibility index (Phi) is 6.70. The predicted molar refractivity (Wildman–Crippen MR) is 159 cm³/mol. The summed E-state index contributed by atoms with van der Waals surface area (Å²) in [7, 11) is 0. The number of nitrogens with one attached hydrogen (secondary N) is 4. The lowest BCUT2D eigenvalue weighted by Crippen LogP contribution is -2.59. The Hall–Kier alpha value is -1.46. The molecule has 9 aliphatic carbocycles. The number of hydrogen-bond acceptors (Lipinski definition) is 2. The lowest BCUT2D eigenvalue weighted by molar-refractivity contribution is -0.0684. The monoisotopic (exact) mass is 552 g/mol. The van der Waals surface area contributed by atoms with Crippen molar-refractivity contribution in [1.29, 1.82) is 0 Å². The van der Waals surface area contributed by atoms with Gasteiger partial charge in [0.1, 0.15) is 0 Å². The second-order valence-electron chi connectivity index (χ2n) is 17.2. The largest absolute Gasteiger partial charge is 0.338 e. The summed E-state index contributed by atoms with van der Waals surface area (Å²) in [4.78, 5) is 25.9. The number of carbonyl (C=O) groups excluding carboxylic acids is 2. The lowest BCUT2D eigenvalue weighted by Gasteiger charge is -2.59. The van der Waals surface area contributed by atoms with Crippen LogP contribution in [0.3, 0.4) is 0 Å². The maximum absolute atomic E-state index is 12.9. The highest BCUT2D eigenvalue weighted by Gasteiger charge is 2.55. The van der Waals surface area contributed by atoms with E-state index in [0.29, 0.717) is 22.7 Å². The van der Waals surface area contributed by atoms with Gasteiger partial charge in [0.2, 0.25) is 0 Å². The van der Waals surface area contributed by atoms with Gasteiger partial charge in [0, 0.05) is 25.2 Å². The van der Waals surface area contributed by atoms with Crippen molar-refractivity contribution in [2.45, 2.75) is 123 Å². The summed E-state index contributed by atoms with van der Waals surface area (Å²) in [5, 5.41) is 13.2. The first-order valence-corrected chi connectivity index (χ1v) is 17.1. The smallest absolute Gasteiger partial charge is 0.315 e. The topological polar surface area (TPSA) is 82.3 Å². The standard InChI is InChI=1S/C34H56N4O2/c1-20(33-12-22-5-23(13-33)7-24(6-22)14-33)37-30(39)35-18-28-11-29(32(28,3)4)19-36-31(40)38-21(2)34-15-25-8-26(16-34)10-27(9-25)17-34/h20-29H,5-19H2,1-4H3,(H2,35,37,39)(H2,36,38,40). The molecule has 9 rings (SSSR count). The Balaban J connectivity index is 0.836. The molecule has 4 unspecified atom stereocenters. The summed E-state index contributed by atoms with van der Waals surface area (Å²) < 4.78 is 0. The molecule has 0 radical (unpaired) electrons. The summed E-state index contributed by atoms with van der Waals surface area (Å²) in [5.41, 5.74) is 0.788. The van der Waals surface area contributed by atoms with Crippen LogP contribution in [0, 0.1) is 63.6 Å². The molecule has 8 bridgehead atoms. The Labute approximate surface area is 242 Å². The molecule has 9 aliphatic rings. The fraction of sp³-hybridized carbons (Fsp3) is 0.941. The fourth-order valence-electron chi connectivity index (χ4n) is 12.5. The first kappa shape index (κ1) is 27.4. The van der Waals surface area contributed by atoms with Gasteiger partial charge >= 0.3 is 12.1 Å². The maximum Gasteiger partial charge on any atom is 0.315 e. The van der Waals surface area contributed by atoms with Crippen LogP contribution in [-0.4, -0.2) is 37.2 Å². The van der Waals surface area contributed by atoms with Gasteiger partial charge in [0.05, 0.1) is 0 Å². The molecule has 224 valence electrons. The average molecular weight is 553 g/mol. The first-order valence-electron chi connectivity index (χ1n) is 17.1. The molecule has 4 N–H and O–H groups in total. The maximum atomic E-state index is 12.9. The van der Waals surface area contributed by atoms with Crippen molar-refractivity contribution >= 4 is 12.1 Å². The highest BCUT2D eigenvalue weighted by atomic mass is 16.2. The quantitative estimate of drug-likeness (QED) is 0.279. The number of urea groups is 2. The molecule has 9 fully saturated rings. The van der Waals surface area contributed by atoms with Crippen LogP contribution >= 0.6 is 0 Å². The fourth-order valence-corrected chi connectivity index (χ4v) is 12.5. The molecule has 0 heterocycles. The minimum Gasteiger partial charge on any atom is -0.338 e. The van der Waals surface area contributed by atoms with E-state index >= 15 is 0 Å². The Morgan fingerprint density at radius 1 is 0.575 bits per heavy atom. The van der Waals surface area contributed by atoms with E-state index in [9.17, 15) is 9.59 Å². The Bertz CT molecular complexity index is 859. The van der Waals surface area contributed by atoms with Gasteiger partial charge in [-0.1, -0.05) is 13.8 Å². The lowest BCUT2D eigenvalue weighted by atomic mass is 9.48. The van der Waals surface area contributed by atoms with Gasteiger partial charge in [-0.2, -0.15) is 0 Å². The number of amides is 4. The summed E-state index contributed by atoms with van der Waals surface area (Å²) in [5.74, 6) is 6.33. The minimum absolute atomic E-state index is 0.0127. The molecular formula is C34H56N4O2. The molecule has 9 saturated carbocycles. The predicted octanol–water partition coefficient (Wildman–Crippen LogP) is 6.46. The highest BCUT2D eigenvalue weighted by molar-refractivity contribution is 5.74. The number of rotatable bonds is 8. The van der Waals surface area contributed by atoms with E-state index in [1.54, 1.807) is 0 Å². The van der Waals surface area contributed by atoms with Gasteiger partial charge in [0.25, 0.3) is 0 Å². The zero-order valence-electron chi connectivity index (χ0n) is 25.7. The zero-order chi connectivity index (χ0) is 27.9. The van der Waals surface area contributed by atoms with E-state index < -0.39 is 0 Å². The van der Waals surface area contributed by atoms with Crippen LogP contribution in [0.15, 0.2) is 0 Å². The minimum atomic E-state index is 0.0127. The molecule has 4 atom stereocenters. The van der Waals surface area contributed by atoms with Crippen molar-refractivity contribution in [3.8, 4) is 0 Å². The molecule has 0 spiro atoms. The molecule has 0 aliphatic heterocycles. The highest BCUT2D eigenvalue weighted by Crippen LogP contribution is 2.62. The van der Waals surface area contributed by atoms with Gasteiger partial charge in [0.15, 0.2) is 0 Å². The van der Waals surface area contributed by atoms with Gasteiger partial charge < -0.3 is 21.3 Å². The molecule has 6 nitrogen and oxygen atoms in total. The van der Waals surface area contributed by atoms with Gasteiger partial charge in [-0.3, -0.25) is 0 Å². The van der Waals surface area contributed by atoms with E-state index in [1.807, 2.05) is 0 Å². The van der Waals surface area contributed by atoms with E-state index in [2.05, 4.69) is 49.0 Å². The molecule has 40 heavy (non-hydrogen) atoms. The molecule has 4 amide bonds. The van der Waals surface area contributed by atoms with Gasteiger partial charge in [-0.05, 0) is 161 Å². The van der Waals surface area contributed by atoms with E-state index in [1.165, 1.54) is 77.0 Å². The third-order valence-electron chi connectivity index (χ3n) is 14.4. The van der Waals surface area contributed by atoms with Crippen LogP contribution in [0.1, 0.15) is 111 Å². The Morgan fingerprint density at radius 3 is 1.15 bits per heavy atom. The molecule has 0 aromatic heterocycles.